The lowest BCUT2D eigenvalue weighted by Crippen LogP contribution is -2.47. The summed E-state index contributed by atoms with van der Waals surface area (Å²) in [7, 11) is 0. The van der Waals surface area contributed by atoms with Crippen LogP contribution in [0.3, 0.4) is 0 Å². The van der Waals surface area contributed by atoms with Gasteiger partial charge in [-0.3, -0.25) is 4.79 Å². The quantitative estimate of drug-likeness (QED) is 0.616. The van der Waals surface area contributed by atoms with Crippen molar-refractivity contribution in [3.8, 4) is 5.75 Å². The maximum Gasteiger partial charge on any atom is 0.209 e. The fourth-order valence-electron chi connectivity index (χ4n) is 2.29. The Hall–Kier alpha value is -1.69. The molecular formula is C15H20F2N2O2. The highest BCUT2D eigenvalue weighted by Crippen LogP contribution is 2.25. The number of amides is 1. The molecule has 2 rings (SSSR count). The number of piperidine rings is 1. The number of hydrogen-bond acceptors (Lipinski definition) is 3. The third kappa shape index (κ3) is 4.97. The maximum atomic E-state index is 14.4. The zero-order valence-electron chi connectivity index (χ0n) is 11.9. The molecule has 1 aliphatic heterocycles. The lowest BCUT2D eigenvalue weighted by molar-refractivity contribution is -0.120. The van der Waals surface area contributed by atoms with Crippen molar-refractivity contribution in [2.75, 3.05) is 32.8 Å². The number of rotatable bonds is 7. The van der Waals surface area contributed by atoms with Crippen LogP contribution in [0.4, 0.5) is 8.78 Å². The van der Waals surface area contributed by atoms with E-state index in [1.165, 1.54) is 12.1 Å². The Balaban J connectivity index is 1.61. The average molecular weight is 298 g/mol. The lowest BCUT2D eigenvalue weighted by Gasteiger charge is -2.34. The van der Waals surface area contributed by atoms with Crippen LogP contribution in [0.1, 0.15) is 12.8 Å². The highest BCUT2D eigenvalue weighted by atomic mass is 19.1. The second-order valence-corrected chi connectivity index (χ2v) is 5.27. The molecule has 0 unspecified atom stereocenters. The number of hydrogen-bond donors (Lipinski definition) is 1. The Morgan fingerprint density at radius 2 is 1.95 bits per heavy atom. The van der Waals surface area contributed by atoms with Gasteiger partial charge in [0.25, 0.3) is 0 Å². The minimum absolute atomic E-state index is 0.256. The summed E-state index contributed by atoms with van der Waals surface area (Å²) in [5.41, 5.74) is -1.25. The van der Waals surface area contributed by atoms with Crippen LogP contribution in [0.25, 0.3) is 0 Å². The number of benzene rings is 1. The first-order valence-electron chi connectivity index (χ1n) is 7.09. The zero-order chi connectivity index (χ0) is 15.1. The summed E-state index contributed by atoms with van der Waals surface area (Å²) in [4.78, 5) is 12.2. The molecule has 1 fully saturated rings. The molecule has 0 aliphatic carbocycles. The molecule has 0 saturated carbocycles. The number of nitrogens with one attached hydrogen (secondary N) is 1. The van der Waals surface area contributed by atoms with Crippen LogP contribution in [0.2, 0.25) is 0 Å². The third-order valence-electron chi connectivity index (χ3n) is 3.65. The van der Waals surface area contributed by atoms with E-state index in [0.29, 0.717) is 44.8 Å². The summed E-state index contributed by atoms with van der Waals surface area (Å²) in [6, 6.07) is 5.78. The molecule has 1 heterocycles. The van der Waals surface area contributed by atoms with Crippen LogP contribution in [-0.4, -0.2) is 49.8 Å². The van der Waals surface area contributed by atoms with E-state index in [4.69, 9.17) is 4.74 Å². The van der Waals surface area contributed by atoms with Gasteiger partial charge in [-0.1, -0.05) is 0 Å². The predicted octanol–water partition coefficient (Wildman–Crippen LogP) is 1.75. The molecule has 1 N–H and O–H groups in total. The predicted molar refractivity (Wildman–Crippen MR) is 75.5 cm³/mol. The van der Waals surface area contributed by atoms with E-state index in [0.717, 1.165) is 6.41 Å². The smallest absolute Gasteiger partial charge is 0.209 e. The molecule has 1 saturated heterocycles. The molecule has 21 heavy (non-hydrogen) atoms. The molecular weight excluding hydrogens is 278 g/mol. The highest BCUT2D eigenvalue weighted by molar-refractivity contribution is 5.47. The van der Waals surface area contributed by atoms with Crippen molar-refractivity contribution in [1.82, 2.24) is 10.2 Å². The van der Waals surface area contributed by atoms with Crippen LogP contribution in [0, 0.1) is 5.82 Å². The van der Waals surface area contributed by atoms with Crippen LogP contribution in [0.5, 0.6) is 5.75 Å². The lowest BCUT2D eigenvalue weighted by atomic mass is 9.93. The van der Waals surface area contributed by atoms with E-state index >= 15 is 0 Å². The molecule has 1 aromatic carbocycles. The molecule has 0 aromatic heterocycles. The molecule has 0 spiro atoms. The molecule has 4 nitrogen and oxygen atoms in total. The molecule has 1 amide bonds. The third-order valence-corrected chi connectivity index (χ3v) is 3.65. The number of alkyl halides is 1. The number of nitrogens with zero attached hydrogens (tertiary/aromatic N) is 1. The minimum atomic E-state index is -1.25. The van der Waals surface area contributed by atoms with E-state index in [2.05, 4.69) is 5.32 Å². The second-order valence-electron chi connectivity index (χ2n) is 5.27. The number of halogens is 2. The molecule has 0 radical (unpaired) electrons. The van der Waals surface area contributed by atoms with Crippen molar-refractivity contribution in [3.63, 3.8) is 0 Å². The molecule has 0 bridgehead atoms. The summed E-state index contributed by atoms with van der Waals surface area (Å²) in [5, 5.41) is 3.03. The summed E-state index contributed by atoms with van der Waals surface area (Å²) in [6.45, 7) is 2.09. The Bertz CT molecular complexity index is 445. The molecule has 0 atom stereocenters. The Kier molecular flexibility index (Phi) is 5.50. The highest BCUT2D eigenvalue weighted by Gasteiger charge is 2.33. The van der Waals surface area contributed by atoms with Gasteiger partial charge in [0.1, 0.15) is 23.8 Å². The largest absolute Gasteiger partial charge is 0.492 e. The van der Waals surface area contributed by atoms with E-state index < -0.39 is 5.67 Å². The van der Waals surface area contributed by atoms with Crippen LogP contribution in [0.15, 0.2) is 24.3 Å². The fourth-order valence-corrected chi connectivity index (χ4v) is 2.29. The fraction of sp³-hybridized carbons (Fsp3) is 0.533. The molecule has 1 aliphatic rings. The summed E-state index contributed by atoms with van der Waals surface area (Å²) in [6.07, 6.45) is 1.48. The Morgan fingerprint density at radius 3 is 2.57 bits per heavy atom. The Labute approximate surface area is 123 Å². The minimum Gasteiger partial charge on any atom is -0.492 e. The topological polar surface area (TPSA) is 41.6 Å². The van der Waals surface area contributed by atoms with Crippen LogP contribution >= 0.6 is 0 Å². The first-order chi connectivity index (χ1) is 10.1. The standard InChI is InChI=1S/C15H20F2N2O2/c16-13-1-3-14(4-2-13)21-10-7-18-11-15(17)5-8-19(12-20)9-6-15/h1-4,12,18H,5-11H2. The monoisotopic (exact) mass is 298 g/mol. The van der Waals surface area contributed by atoms with E-state index in [1.807, 2.05) is 0 Å². The average Bonchev–Trinajstić information content (AvgIpc) is 2.50. The number of ether oxygens (including phenoxy) is 1. The van der Waals surface area contributed by atoms with Gasteiger partial charge in [0.2, 0.25) is 6.41 Å². The van der Waals surface area contributed by atoms with Gasteiger partial charge in [0.05, 0.1) is 0 Å². The van der Waals surface area contributed by atoms with Crippen molar-refractivity contribution in [2.45, 2.75) is 18.5 Å². The van der Waals surface area contributed by atoms with Crippen molar-refractivity contribution in [1.29, 1.82) is 0 Å². The van der Waals surface area contributed by atoms with E-state index in [1.54, 1.807) is 17.0 Å². The van der Waals surface area contributed by atoms with Crippen molar-refractivity contribution >= 4 is 6.41 Å². The first kappa shape index (κ1) is 15.7. The first-order valence-corrected chi connectivity index (χ1v) is 7.09. The van der Waals surface area contributed by atoms with Gasteiger partial charge in [-0.05, 0) is 24.3 Å². The van der Waals surface area contributed by atoms with Crippen molar-refractivity contribution in [2.24, 2.45) is 0 Å². The SMILES string of the molecule is O=CN1CCC(F)(CNCCOc2ccc(F)cc2)CC1. The van der Waals surface area contributed by atoms with Gasteiger partial charge in [-0.25, -0.2) is 8.78 Å². The number of carbonyl (C=O) groups excluding carboxylic acids is 1. The summed E-state index contributed by atoms with van der Waals surface area (Å²) < 4.78 is 32.5. The van der Waals surface area contributed by atoms with Crippen LogP contribution < -0.4 is 10.1 Å². The molecule has 6 heteroatoms. The zero-order valence-corrected chi connectivity index (χ0v) is 11.9. The molecule has 116 valence electrons. The molecule has 1 aromatic rings. The van der Waals surface area contributed by atoms with Gasteiger partial charge in [-0.2, -0.15) is 0 Å². The van der Waals surface area contributed by atoms with Gasteiger partial charge in [0, 0.05) is 39.0 Å². The Morgan fingerprint density at radius 1 is 1.29 bits per heavy atom. The van der Waals surface area contributed by atoms with Gasteiger partial charge in [0.15, 0.2) is 0 Å². The van der Waals surface area contributed by atoms with Gasteiger partial charge >= 0.3 is 0 Å². The van der Waals surface area contributed by atoms with E-state index in [-0.39, 0.29) is 12.4 Å². The van der Waals surface area contributed by atoms with Crippen molar-refractivity contribution in [3.05, 3.63) is 30.1 Å². The van der Waals surface area contributed by atoms with Gasteiger partial charge < -0.3 is 15.0 Å². The van der Waals surface area contributed by atoms with Gasteiger partial charge in [-0.15, -0.1) is 0 Å². The summed E-state index contributed by atoms with van der Waals surface area (Å²) in [5.74, 6) is 0.286. The number of likely N-dealkylation sites (tertiary alicyclic amines) is 1. The van der Waals surface area contributed by atoms with Crippen molar-refractivity contribution < 1.29 is 18.3 Å². The number of carbonyl (C=O) groups is 1. The van der Waals surface area contributed by atoms with E-state index in [9.17, 15) is 13.6 Å². The maximum absolute atomic E-state index is 14.4. The summed E-state index contributed by atoms with van der Waals surface area (Å²) >= 11 is 0. The second kappa shape index (κ2) is 7.36. The normalized spacial score (nSPS) is 17.5. The van der Waals surface area contributed by atoms with Crippen LogP contribution in [-0.2, 0) is 4.79 Å².